The van der Waals surface area contributed by atoms with E-state index in [1.807, 2.05) is 0 Å². The molecule has 2 N–H and O–H groups in total. The molecule has 0 saturated carbocycles. The van der Waals surface area contributed by atoms with Gasteiger partial charge in [0.25, 0.3) is 0 Å². The van der Waals surface area contributed by atoms with Crippen molar-refractivity contribution >= 4 is 58.2 Å². The highest BCUT2D eigenvalue weighted by Crippen LogP contribution is 2.25. The first-order valence-corrected chi connectivity index (χ1v) is 7.35. The molecule has 0 spiro atoms. The van der Waals surface area contributed by atoms with Crippen LogP contribution in [0.3, 0.4) is 0 Å². The minimum atomic E-state index is -1.04. The molecule has 1 unspecified atom stereocenters. The Morgan fingerprint density at radius 1 is 1.48 bits per heavy atom. The van der Waals surface area contributed by atoms with E-state index in [1.165, 1.54) is 6.21 Å². The Morgan fingerprint density at radius 3 is 2.95 bits per heavy atom. The number of carboxylic acids is 1. The van der Waals surface area contributed by atoms with Crippen molar-refractivity contribution in [3.8, 4) is 0 Å². The Morgan fingerprint density at radius 2 is 2.24 bits per heavy atom. The number of halogens is 2. The third-order valence-corrected chi connectivity index (χ3v) is 4.37. The van der Waals surface area contributed by atoms with Gasteiger partial charge in [0.1, 0.15) is 5.25 Å². The van der Waals surface area contributed by atoms with Crippen LogP contribution in [0.5, 0.6) is 0 Å². The van der Waals surface area contributed by atoms with Crippen molar-refractivity contribution in [2.24, 2.45) is 10.2 Å². The molecule has 9 heteroatoms. The summed E-state index contributed by atoms with van der Waals surface area (Å²) in [7, 11) is 0. The summed E-state index contributed by atoms with van der Waals surface area (Å²) in [6.07, 6.45) is 1.14. The number of hydrogen-bond acceptors (Lipinski definition) is 5. The normalized spacial score (nSPS) is 20.2. The first kappa shape index (κ1) is 15.8. The van der Waals surface area contributed by atoms with E-state index in [-0.39, 0.29) is 11.6 Å². The second-order valence-electron chi connectivity index (χ2n) is 3.99. The van der Waals surface area contributed by atoms with Gasteiger partial charge < -0.3 is 10.4 Å². The van der Waals surface area contributed by atoms with Gasteiger partial charge >= 0.3 is 5.97 Å². The zero-order valence-corrected chi connectivity index (χ0v) is 12.7. The number of carboxylic acid groups (broad SMARTS) is 1. The highest BCUT2D eigenvalue weighted by Gasteiger charge is 2.32. The van der Waals surface area contributed by atoms with Crippen LogP contribution in [0.4, 0.5) is 0 Å². The molecule has 0 aliphatic carbocycles. The lowest BCUT2D eigenvalue weighted by Crippen LogP contribution is -2.26. The van der Waals surface area contributed by atoms with Gasteiger partial charge in [-0.15, -0.1) is 5.10 Å². The van der Waals surface area contributed by atoms with Gasteiger partial charge in [-0.3, -0.25) is 9.59 Å². The Hall–Kier alpha value is -1.57. The van der Waals surface area contributed by atoms with Crippen LogP contribution in [-0.4, -0.2) is 33.6 Å². The second kappa shape index (κ2) is 6.93. The quantitative estimate of drug-likeness (QED) is 0.647. The molecule has 1 aromatic rings. The van der Waals surface area contributed by atoms with Crippen LogP contribution in [0.15, 0.2) is 28.4 Å². The summed E-state index contributed by atoms with van der Waals surface area (Å²) in [6.45, 7) is 0. The molecule has 110 valence electrons. The number of amides is 1. The van der Waals surface area contributed by atoms with Gasteiger partial charge in [0.15, 0.2) is 5.17 Å². The van der Waals surface area contributed by atoms with E-state index in [9.17, 15) is 9.59 Å². The van der Waals surface area contributed by atoms with Crippen LogP contribution >= 0.6 is 35.0 Å². The molecule has 1 aromatic carbocycles. The van der Waals surface area contributed by atoms with Crippen molar-refractivity contribution in [1.82, 2.24) is 5.32 Å². The number of benzene rings is 1. The van der Waals surface area contributed by atoms with Gasteiger partial charge in [0, 0.05) is 5.56 Å². The molecule has 1 saturated heterocycles. The summed E-state index contributed by atoms with van der Waals surface area (Å²) in [5.74, 6) is -1.43. The molecule has 2 rings (SSSR count). The number of rotatable bonds is 4. The lowest BCUT2D eigenvalue weighted by Gasteiger charge is -1.98. The van der Waals surface area contributed by atoms with Gasteiger partial charge in [0.05, 0.1) is 22.7 Å². The monoisotopic (exact) mass is 345 g/mol. The molecule has 6 nitrogen and oxygen atoms in total. The van der Waals surface area contributed by atoms with Crippen molar-refractivity contribution in [2.45, 2.75) is 11.7 Å². The molecule has 1 fully saturated rings. The molecule has 1 aliphatic rings. The average Bonchev–Trinajstić information content (AvgIpc) is 2.74. The summed E-state index contributed by atoms with van der Waals surface area (Å²) in [5.41, 5.74) is 0.588. The molecule has 21 heavy (non-hydrogen) atoms. The van der Waals surface area contributed by atoms with Crippen molar-refractivity contribution < 1.29 is 14.7 Å². The number of thioether (sulfide) groups is 1. The van der Waals surface area contributed by atoms with Crippen LogP contribution in [0.1, 0.15) is 12.0 Å². The summed E-state index contributed by atoms with van der Waals surface area (Å²) in [5, 5.41) is 19.1. The fourth-order valence-corrected chi connectivity index (χ4v) is 2.78. The SMILES string of the molecule is O=C(O)CC1S/C(=N/N=Cc2cccc(Cl)c2Cl)NC1=O. The Labute approximate surface area is 134 Å². The van der Waals surface area contributed by atoms with Gasteiger partial charge in [-0.05, 0) is 6.07 Å². The van der Waals surface area contributed by atoms with E-state index in [2.05, 4.69) is 15.5 Å². The first-order valence-electron chi connectivity index (χ1n) is 5.71. The minimum absolute atomic E-state index is 0.251. The number of aliphatic carboxylic acids is 1. The highest BCUT2D eigenvalue weighted by atomic mass is 35.5. The van der Waals surface area contributed by atoms with Gasteiger partial charge in [0.2, 0.25) is 5.91 Å². The topological polar surface area (TPSA) is 91.1 Å². The highest BCUT2D eigenvalue weighted by molar-refractivity contribution is 8.15. The summed E-state index contributed by atoms with van der Waals surface area (Å²) in [6, 6.07) is 5.08. The summed E-state index contributed by atoms with van der Waals surface area (Å²) in [4.78, 5) is 22.1. The fraction of sp³-hybridized carbons (Fsp3) is 0.167. The first-order chi connectivity index (χ1) is 9.97. The minimum Gasteiger partial charge on any atom is -0.481 e. The molecular formula is C12H9Cl2N3O3S. The maximum absolute atomic E-state index is 11.5. The van der Waals surface area contributed by atoms with Crippen LogP contribution in [-0.2, 0) is 9.59 Å². The zero-order chi connectivity index (χ0) is 15.4. The molecule has 1 aliphatic heterocycles. The van der Waals surface area contributed by atoms with E-state index in [0.717, 1.165) is 11.8 Å². The zero-order valence-electron chi connectivity index (χ0n) is 10.4. The number of carbonyl (C=O) groups excluding carboxylic acids is 1. The molecule has 0 aromatic heterocycles. The van der Waals surface area contributed by atoms with Crippen molar-refractivity contribution in [1.29, 1.82) is 0 Å². The van der Waals surface area contributed by atoms with Gasteiger partial charge in [-0.25, -0.2) is 0 Å². The van der Waals surface area contributed by atoms with E-state index in [4.69, 9.17) is 28.3 Å². The van der Waals surface area contributed by atoms with Crippen LogP contribution < -0.4 is 5.32 Å². The summed E-state index contributed by atoms with van der Waals surface area (Å²) >= 11 is 12.9. The second-order valence-corrected chi connectivity index (χ2v) is 5.96. The average molecular weight is 346 g/mol. The van der Waals surface area contributed by atoms with Crippen LogP contribution in [0.25, 0.3) is 0 Å². The number of carbonyl (C=O) groups is 2. The largest absolute Gasteiger partial charge is 0.481 e. The van der Waals surface area contributed by atoms with Gasteiger partial charge in [-0.1, -0.05) is 47.1 Å². The predicted molar refractivity (Wildman–Crippen MR) is 83.3 cm³/mol. The molecule has 0 radical (unpaired) electrons. The Bertz CT molecular complexity index is 649. The van der Waals surface area contributed by atoms with E-state index < -0.39 is 17.1 Å². The van der Waals surface area contributed by atoms with Crippen LogP contribution in [0.2, 0.25) is 10.0 Å². The van der Waals surface area contributed by atoms with Crippen molar-refractivity contribution in [3.05, 3.63) is 33.8 Å². The van der Waals surface area contributed by atoms with Crippen molar-refractivity contribution in [3.63, 3.8) is 0 Å². The lowest BCUT2D eigenvalue weighted by atomic mass is 10.2. The van der Waals surface area contributed by atoms with Crippen LogP contribution in [0, 0.1) is 0 Å². The lowest BCUT2D eigenvalue weighted by molar-refractivity contribution is -0.138. The maximum Gasteiger partial charge on any atom is 0.305 e. The van der Waals surface area contributed by atoms with E-state index in [0.29, 0.717) is 15.6 Å². The molecule has 0 bridgehead atoms. The number of nitrogens with one attached hydrogen (secondary N) is 1. The Kier molecular flexibility index (Phi) is 5.22. The number of amidine groups is 1. The maximum atomic E-state index is 11.5. The summed E-state index contributed by atoms with van der Waals surface area (Å²) < 4.78 is 0. The third kappa shape index (κ3) is 4.20. The Balaban J connectivity index is 2.05. The van der Waals surface area contributed by atoms with E-state index in [1.54, 1.807) is 18.2 Å². The molecule has 1 amide bonds. The smallest absolute Gasteiger partial charge is 0.305 e. The molecule has 1 heterocycles. The van der Waals surface area contributed by atoms with E-state index >= 15 is 0 Å². The fourth-order valence-electron chi connectivity index (χ4n) is 1.51. The third-order valence-electron chi connectivity index (χ3n) is 2.46. The van der Waals surface area contributed by atoms with Crippen molar-refractivity contribution in [2.75, 3.05) is 0 Å². The predicted octanol–water partition coefficient (Wildman–Crippen LogP) is 2.39. The molecule has 1 atom stereocenters. The number of nitrogens with zero attached hydrogens (tertiary/aromatic N) is 2. The molecular weight excluding hydrogens is 337 g/mol. The number of hydrogen-bond donors (Lipinski definition) is 2. The standard InChI is InChI=1S/C12H9Cl2N3O3S/c13-7-3-1-2-6(10(7)14)5-15-17-12-16-11(20)8(21-12)4-9(18)19/h1-3,5,8H,4H2,(H,18,19)(H,16,17,20). The van der Waals surface area contributed by atoms with Gasteiger partial charge in [-0.2, -0.15) is 5.10 Å².